The van der Waals surface area contributed by atoms with E-state index in [1.54, 1.807) is 36.4 Å². The Balaban J connectivity index is 1.74. The third kappa shape index (κ3) is 6.58. The molecule has 0 atom stereocenters. The van der Waals surface area contributed by atoms with Gasteiger partial charge in [-0.1, -0.05) is 27.5 Å². The number of benzene rings is 2. The Hall–Kier alpha value is -2.58. The summed E-state index contributed by atoms with van der Waals surface area (Å²) in [6, 6.07) is 11.4. The van der Waals surface area contributed by atoms with E-state index < -0.39 is 24.4 Å². The summed E-state index contributed by atoms with van der Waals surface area (Å²) in [5.74, 6) is -1.22. The summed E-state index contributed by atoms with van der Waals surface area (Å²) >= 11 is 9.23. The van der Waals surface area contributed by atoms with E-state index in [-0.39, 0.29) is 6.54 Å². The molecular formula is C18H16BrClN2O5. The fourth-order valence-electron chi connectivity index (χ4n) is 1.99. The Morgan fingerprint density at radius 1 is 1.11 bits per heavy atom. The van der Waals surface area contributed by atoms with Crippen LogP contribution in [0.4, 0.5) is 5.69 Å². The van der Waals surface area contributed by atoms with Gasteiger partial charge in [0.2, 0.25) is 0 Å². The van der Waals surface area contributed by atoms with Crippen molar-refractivity contribution in [3.8, 4) is 5.75 Å². The number of carbonyl (C=O) groups excluding carboxylic acids is 3. The van der Waals surface area contributed by atoms with Crippen molar-refractivity contribution < 1.29 is 23.9 Å². The number of nitrogens with one attached hydrogen (secondary N) is 2. The van der Waals surface area contributed by atoms with Gasteiger partial charge in [0.25, 0.3) is 11.8 Å². The van der Waals surface area contributed by atoms with Crippen LogP contribution in [0.15, 0.2) is 46.9 Å². The minimum Gasteiger partial charge on any atom is -0.495 e. The first-order valence-electron chi connectivity index (χ1n) is 7.72. The van der Waals surface area contributed by atoms with Crippen molar-refractivity contribution in [2.75, 3.05) is 25.6 Å². The lowest BCUT2D eigenvalue weighted by molar-refractivity contribution is -0.146. The maximum Gasteiger partial charge on any atom is 0.325 e. The van der Waals surface area contributed by atoms with Crippen LogP contribution < -0.4 is 15.4 Å². The normalized spacial score (nSPS) is 10.0. The highest BCUT2D eigenvalue weighted by molar-refractivity contribution is 9.10. The summed E-state index contributed by atoms with van der Waals surface area (Å²) < 4.78 is 10.7. The number of anilines is 1. The number of halogens is 2. The van der Waals surface area contributed by atoms with E-state index in [9.17, 15) is 14.4 Å². The number of ether oxygens (including phenoxy) is 2. The lowest BCUT2D eigenvalue weighted by Crippen LogP contribution is -2.32. The SMILES string of the molecule is COc1ccc(NC(=O)COC(=O)CNC(=O)c2ccc(Br)cc2)cc1Cl. The van der Waals surface area contributed by atoms with E-state index >= 15 is 0 Å². The molecule has 0 saturated carbocycles. The van der Waals surface area contributed by atoms with Gasteiger partial charge in [0.05, 0.1) is 12.1 Å². The monoisotopic (exact) mass is 454 g/mol. The van der Waals surface area contributed by atoms with Gasteiger partial charge in [0, 0.05) is 15.7 Å². The first-order valence-corrected chi connectivity index (χ1v) is 8.89. The van der Waals surface area contributed by atoms with E-state index in [2.05, 4.69) is 26.6 Å². The molecule has 0 radical (unpaired) electrons. The van der Waals surface area contributed by atoms with Gasteiger partial charge in [-0.15, -0.1) is 0 Å². The highest BCUT2D eigenvalue weighted by Gasteiger charge is 2.11. The molecule has 0 fully saturated rings. The van der Waals surface area contributed by atoms with Gasteiger partial charge in [-0.05, 0) is 42.5 Å². The fraction of sp³-hybridized carbons (Fsp3) is 0.167. The molecule has 0 spiro atoms. The van der Waals surface area contributed by atoms with Crippen molar-refractivity contribution in [2.24, 2.45) is 0 Å². The number of amides is 2. The molecule has 0 aliphatic rings. The molecule has 0 heterocycles. The summed E-state index contributed by atoms with van der Waals surface area (Å²) in [6.45, 7) is -0.840. The third-order valence-corrected chi connectivity index (χ3v) is 4.12. The number of methoxy groups -OCH3 is 1. The predicted octanol–water partition coefficient (Wildman–Crippen LogP) is 3.02. The topological polar surface area (TPSA) is 93.7 Å². The molecule has 2 rings (SSSR count). The Morgan fingerprint density at radius 3 is 2.44 bits per heavy atom. The van der Waals surface area contributed by atoms with Crippen LogP contribution in [-0.4, -0.2) is 38.0 Å². The van der Waals surface area contributed by atoms with Crippen LogP contribution in [0.3, 0.4) is 0 Å². The van der Waals surface area contributed by atoms with E-state index in [0.29, 0.717) is 22.0 Å². The van der Waals surface area contributed by atoms with Crippen LogP contribution in [0.25, 0.3) is 0 Å². The second-order valence-electron chi connectivity index (χ2n) is 5.25. The standard InChI is InChI=1S/C18H16BrClN2O5/c1-26-15-7-6-13(8-14(15)20)22-16(23)10-27-17(24)9-21-18(25)11-2-4-12(19)5-3-11/h2-8H,9-10H2,1H3,(H,21,25)(H,22,23). The summed E-state index contributed by atoms with van der Waals surface area (Å²) in [6.07, 6.45) is 0. The number of carbonyl (C=O) groups is 3. The Bertz CT molecular complexity index is 842. The predicted molar refractivity (Wildman–Crippen MR) is 104 cm³/mol. The summed E-state index contributed by atoms with van der Waals surface area (Å²) in [5, 5.41) is 5.29. The molecule has 0 aliphatic heterocycles. The zero-order valence-corrected chi connectivity index (χ0v) is 16.6. The number of esters is 1. The smallest absolute Gasteiger partial charge is 0.325 e. The molecular weight excluding hydrogens is 440 g/mol. The van der Waals surface area contributed by atoms with Gasteiger partial charge < -0.3 is 20.1 Å². The highest BCUT2D eigenvalue weighted by Crippen LogP contribution is 2.27. The number of hydrogen-bond donors (Lipinski definition) is 2. The minimum atomic E-state index is -0.733. The molecule has 7 nitrogen and oxygen atoms in total. The molecule has 142 valence electrons. The van der Waals surface area contributed by atoms with Gasteiger partial charge >= 0.3 is 5.97 Å². The fourth-order valence-corrected chi connectivity index (χ4v) is 2.52. The van der Waals surface area contributed by atoms with Gasteiger partial charge in [0.15, 0.2) is 6.61 Å². The van der Waals surface area contributed by atoms with Crippen molar-refractivity contribution in [1.82, 2.24) is 5.32 Å². The van der Waals surface area contributed by atoms with Crippen molar-refractivity contribution in [3.63, 3.8) is 0 Å². The van der Waals surface area contributed by atoms with Crippen LogP contribution in [0.2, 0.25) is 5.02 Å². The second kappa shape index (κ2) is 9.94. The molecule has 0 unspecified atom stereocenters. The molecule has 2 aromatic carbocycles. The molecule has 0 saturated heterocycles. The van der Waals surface area contributed by atoms with Crippen LogP contribution in [0.1, 0.15) is 10.4 Å². The number of rotatable bonds is 7. The lowest BCUT2D eigenvalue weighted by Gasteiger charge is -2.09. The Kier molecular flexibility index (Phi) is 7.63. The maximum atomic E-state index is 11.9. The van der Waals surface area contributed by atoms with Crippen LogP contribution in [0, 0.1) is 0 Å². The van der Waals surface area contributed by atoms with Gasteiger partial charge in [-0.2, -0.15) is 0 Å². The van der Waals surface area contributed by atoms with E-state index in [1.807, 2.05) is 0 Å². The van der Waals surface area contributed by atoms with Gasteiger partial charge in [-0.3, -0.25) is 14.4 Å². The molecule has 0 aromatic heterocycles. The van der Waals surface area contributed by atoms with Gasteiger partial charge in [-0.25, -0.2) is 0 Å². The first-order chi connectivity index (χ1) is 12.9. The number of hydrogen-bond acceptors (Lipinski definition) is 5. The van der Waals surface area contributed by atoms with Crippen molar-refractivity contribution >= 4 is 51.0 Å². The zero-order valence-electron chi connectivity index (χ0n) is 14.3. The summed E-state index contributed by atoms with van der Waals surface area (Å²) in [4.78, 5) is 35.4. The van der Waals surface area contributed by atoms with Crippen LogP contribution >= 0.6 is 27.5 Å². The molecule has 2 aromatic rings. The molecule has 2 amide bonds. The molecule has 0 aliphatic carbocycles. The quantitative estimate of drug-likeness (QED) is 0.626. The lowest BCUT2D eigenvalue weighted by atomic mass is 10.2. The van der Waals surface area contributed by atoms with Crippen molar-refractivity contribution in [3.05, 3.63) is 57.5 Å². The molecule has 9 heteroatoms. The van der Waals surface area contributed by atoms with E-state index in [0.717, 1.165) is 4.47 Å². The van der Waals surface area contributed by atoms with E-state index in [4.69, 9.17) is 21.1 Å². The van der Waals surface area contributed by atoms with E-state index in [1.165, 1.54) is 13.2 Å². The van der Waals surface area contributed by atoms with Crippen molar-refractivity contribution in [1.29, 1.82) is 0 Å². The molecule has 2 N–H and O–H groups in total. The van der Waals surface area contributed by atoms with Crippen LogP contribution in [-0.2, 0) is 14.3 Å². The second-order valence-corrected chi connectivity index (χ2v) is 6.57. The Morgan fingerprint density at radius 2 is 1.81 bits per heavy atom. The average Bonchev–Trinajstić information content (AvgIpc) is 2.65. The first kappa shape index (κ1) is 20.7. The molecule has 0 bridgehead atoms. The summed E-state index contributed by atoms with van der Waals surface area (Å²) in [5.41, 5.74) is 0.838. The van der Waals surface area contributed by atoms with Crippen LogP contribution in [0.5, 0.6) is 5.75 Å². The Labute approximate surface area is 169 Å². The largest absolute Gasteiger partial charge is 0.495 e. The highest BCUT2D eigenvalue weighted by atomic mass is 79.9. The zero-order chi connectivity index (χ0) is 19.8. The van der Waals surface area contributed by atoms with Crippen molar-refractivity contribution in [2.45, 2.75) is 0 Å². The summed E-state index contributed by atoms with van der Waals surface area (Å²) in [7, 11) is 1.48. The maximum absolute atomic E-state index is 11.9. The minimum absolute atomic E-state index is 0.336. The van der Waals surface area contributed by atoms with Gasteiger partial charge in [0.1, 0.15) is 12.3 Å². The molecule has 27 heavy (non-hydrogen) atoms. The average molecular weight is 456 g/mol. The third-order valence-electron chi connectivity index (χ3n) is 3.30.